The molecule has 0 radical (unpaired) electrons. The number of carbonyl (C=O) groups is 1. The van der Waals surface area contributed by atoms with Gasteiger partial charge in [0.05, 0.1) is 23.2 Å². The van der Waals surface area contributed by atoms with E-state index < -0.39 is 5.91 Å². The molecule has 1 amide bonds. The lowest BCUT2D eigenvalue weighted by Gasteiger charge is -2.14. The number of benzene rings is 2. The number of hydrazine groups is 1. The number of aliphatic hydroxyl groups is 1. The Bertz CT molecular complexity index is 880. The third-order valence-electron chi connectivity index (χ3n) is 3.46. The highest BCUT2D eigenvalue weighted by Crippen LogP contribution is 2.22. The molecule has 2 aromatic rings. The van der Waals surface area contributed by atoms with Crippen molar-refractivity contribution >= 4 is 34.7 Å². The summed E-state index contributed by atoms with van der Waals surface area (Å²) in [4.78, 5) is 12.6. The van der Waals surface area contributed by atoms with Crippen molar-refractivity contribution < 1.29 is 9.90 Å². The van der Waals surface area contributed by atoms with Crippen LogP contribution in [-0.4, -0.2) is 22.6 Å². The first-order valence-corrected chi connectivity index (χ1v) is 7.74. The Hall–Kier alpha value is -3.36. The predicted molar refractivity (Wildman–Crippen MR) is 102 cm³/mol. The first-order valence-electron chi connectivity index (χ1n) is 7.36. The number of nitrogens with one attached hydrogen (secondary N) is 3. The fourth-order valence-corrected chi connectivity index (χ4v) is 2.37. The van der Waals surface area contributed by atoms with Crippen LogP contribution in [0, 0.1) is 5.41 Å². The van der Waals surface area contributed by atoms with Crippen LogP contribution in [0.3, 0.4) is 0 Å². The van der Waals surface area contributed by atoms with E-state index in [9.17, 15) is 9.90 Å². The summed E-state index contributed by atoms with van der Waals surface area (Å²) in [6.45, 7) is 0. The lowest BCUT2D eigenvalue weighted by Crippen LogP contribution is -2.33. The van der Waals surface area contributed by atoms with Crippen LogP contribution in [-0.2, 0) is 4.79 Å². The summed E-state index contributed by atoms with van der Waals surface area (Å²) >= 11 is 5.98. The molecule has 2 rings (SSSR count). The van der Waals surface area contributed by atoms with Gasteiger partial charge in [-0.1, -0.05) is 41.9 Å². The van der Waals surface area contributed by atoms with Gasteiger partial charge < -0.3 is 21.7 Å². The molecule has 9 heteroatoms. The number of halogens is 1. The smallest absolute Gasteiger partial charge is 0.260 e. The minimum atomic E-state index is -0.710. The molecule has 134 valence electrons. The highest BCUT2D eigenvalue weighted by Gasteiger charge is 2.19. The van der Waals surface area contributed by atoms with Crippen LogP contribution in [0.15, 0.2) is 65.5 Å². The van der Waals surface area contributed by atoms with Gasteiger partial charge in [-0.15, -0.1) is 0 Å². The van der Waals surface area contributed by atoms with Gasteiger partial charge in [0.2, 0.25) is 0 Å². The van der Waals surface area contributed by atoms with Gasteiger partial charge in [0.1, 0.15) is 0 Å². The highest BCUT2D eigenvalue weighted by atomic mass is 35.5. The minimum absolute atomic E-state index is 0.115. The second-order valence-corrected chi connectivity index (χ2v) is 5.49. The lowest BCUT2D eigenvalue weighted by molar-refractivity contribution is -0.112. The molecule has 0 unspecified atom stereocenters. The van der Waals surface area contributed by atoms with Crippen molar-refractivity contribution in [2.45, 2.75) is 0 Å². The van der Waals surface area contributed by atoms with Gasteiger partial charge in [0.25, 0.3) is 5.91 Å². The number of hydrazone groups is 1. The maximum atomic E-state index is 12.6. The van der Waals surface area contributed by atoms with Crippen molar-refractivity contribution in [3.05, 3.63) is 76.5 Å². The number of hydrogen-bond acceptors (Lipinski definition) is 6. The van der Waals surface area contributed by atoms with Crippen LogP contribution in [0.25, 0.3) is 0 Å². The highest BCUT2D eigenvalue weighted by molar-refractivity contribution is 6.32. The molecule has 0 fully saturated rings. The van der Waals surface area contributed by atoms with Crippen LogP contribution in [0.5, 0.6) is 0 Å². The number of carbonyl (C=O) groups excluding carboxylic acids is 1. The molecule has 0 aliphatic heterocycles. The van der Waals surface area contributed by atoms with Gasteiger partial charge in [0.15, 0.2) is 5.84 Å². The second-order valence-electron chi connectivity index (χ2n) is 5.05. The topological polar surface area (TPSA) is 150 Å². The van der Waals surface area contributed by atoms with E-state index in [1.807, 2.05) is 0 Å². The quantitative estimate of drug-likeness (QED) is 0.118. The molecule has 0 bridgehead atoms. The Morgan fingerprint density at radius 2 is 1.92 bits per heavy atom. The second kappa shape index (κ2) is 8.65. The van der Waals surface area contributed by atoms with Gasteiger partial charge >= 0.3 is 0 Å². The van der Waals surface area contributed by atoms with Crippen molar-refractivity contribution in [1.29, 1.82) is 5.41 Å². The Morgan fingerprint density at radius 1 is 1.23 bits per heavy atom. The minimum Gasteiger partial charge on any atom is -0.515 e. The molecule has 2 aromatic carbocycles. The van der Waals surface area contributed by atoms with E-state index in [1.165, 1.54) is 6.07 Å². The Balaban J connectivity index is 2.34. The van der Waals surface area contributed by atoms with Crippen LogP contribution >= 0.6 is 11.6 Å². The SMILES string of the molecule is N=C(/C(=C\O)C(=O)Nc1cc(Cl)ccc1/C(=N/N)NN)c1ccccc1. The maximum absolute atomic E-state index is 12.6. The van der Waals surface area contributed by atoms with Gasteiger partial charge in [-0.05, 0) is 18.2 Å². The largest absolute Gasteiger partial charge is 0.515 e. The molecule has 0 spiro atoms. The molecule has 0 aliphatic rings. The number of anilines is 1. The maximum Gasteiger partial charge on any atom is 0.260 e. The fraction of sp³-hybridized carbons (Fsp3) is 0. The van der Waals surface area contributed by atoms with Crippen molar-refractivity contribution in [1.82, 2.24) is 5.43 Å². The molecule has 0 saturated heterocycles. The van der Waals surface area contributed by atoms with Crippen LogP contribution in [0.2, 0.25) is 5.02 Å². The summed E-state index contributed by atoms with van der Waals surface area (Å²) in [6.07, 6.45) is 0.577. The summed E-state index contributed by atoms with van der Waals surface area (Å²) in [6, 6.07) is 13.1. The number of amidine groups is 1. The number of aliphatic hydroxyl groups excluding tert-OH is 1. The molecular weight excluding hydrogens is 356 g/mol. The molecule has 0 aliphatic carbocycles. The van der Waals surface area contributed by atoms with Crippen molar-refractivity contribution in [2.75, 3.05) is 5.32 Å². The third-order valence-corrected chi connectivity index (χ3v) is 3.69. The summed E-state index contributed by atoms with van der Waals surface area (Å²) in [5, 5.41) is 24.0. The molecule has 0 heterocycles. The van der Waals surface area contributed by atoms with E-state index in [-0.39, 0.29) is 22.8 Å². The molecule has 0 atom stereocenters. The fourth-order valence-electron chi connectivity index (χ4n) is 2.20. The van der Waals surface area contributed by atoms with Crippen molar-refractivity contribution in [2.24, 2.45) is 16.8 Å². The average Bonchev–Trinajstić information content (AvgIpc) is 2.65. The molecule has 0 aromatic heterocycles. The predicted octanol–water partition coefficient (Wildman–Crippen LogP) is 1.87. The molecular formula is C17H17ClN6O2. The standard InChI is InChI=1S/C17H17ClN6O2/c18-11-6-7-12(16(23-20)24-21)14(8-11)22-17(26)13(9-25)15(19)10-4-2-1-3-5-10/h1-9,19,25H,20-21H2,(H,22,26)(H,23,24)/b13-9+,19-15?. The van der Waals surface area contributed by atoms with Crippen LogP contribution < -0.4 is 22.4 Å². The average molecular weight is 373 g/mol. The van der Waals surface area contributed by atoms with E-state index in [1.54, 1.807) is 42.5 Å². The third kappa shape index (κ3) is 4.18. The zero-order valence-electron chi connectivity index (χ0n) is 13.5. The molecule has 26 heavy (non-hydrogen) atoms. The number of amides is 1. The number of nitrogens with two attached hydrogens (primary N) is 2. The normalized spacial score (nSPS) is 11.8. The molecule has 8 N–H and O–H groups in total. The zero-order valence-corrected chi connectivity index (χ0v) is 14.3. The van der Waals surface area contributed by atoms with E-state index in [4.69, 9.17) is 28.7 Å². The number of rotatable bonds is 5. The Kier molecular flexibility index (Phi) is 6.31. The summed E-state index contributed by atoms with van der Waals surface area (Å²) in [5.41, 5.74) is 3.06. The van der Waals surface area contributed by atoms with Gasteiger partial charge in [-0.3, -0.25) is 10.2 Å². The monoisotopic (exact) mass is 372 g/mol. The first-order chi connectivity index (χ1) is 12.5. The summed E-state index contributed by atoms with van der Waals surface area (Å²) in [5.74, 6) is 10.1. The van der Waals surface area contributed by atoms with E-state index >= 15 is 0 Å². The van der Waals surface area contributed by atoms with Gasteiger partial charge in [-0.2, -0.15) is 5.10 Å². The lowest BCUT2D eigenvalue weighted by atomic mass is 10.0. The van der Waals surface area contributed by atoms with E-state index in [0.717, 1.165) is 0 Å². The first kappa shape index (κ1) is 19.0. The van der Waals surface area contributed by atoms with Crippen LogP contribution in [0.4, 0.5) is 5.69 Å². The Labute approximate surface area is 154 Å². The van der Waals surface area contributed by atoms with Crippen molar-refractivity contribution in [3.8, 4) is 0 Å². The Morgan fingerprint density at radius 3 is 2.50 bits per heavy atom. The number of hydrogen-bond donors (Lipinski definition) is 6. The molecule has 0 saturated carbocycles. The van der Waals surface area contributed by atoms with Crippen molar-refractivity contribution in [3.63, 3.8) is 0 Å². The summed E-state index contributed by atoms with van der Waals surface area (Å²) < 4.78 is 0. The van der Waals surface area contributed by atoms with Gasteiger partial charge in [-0.25, -0.2) is 5.84 Å². The van der Waals surface area contributed by atoms with E-state index in [2.05, 4.69) is 15.8 Å². The summed E-state index contributed by atoms with van der Waals surface area (Å²) in [7, 11) is 0. The van der Waals surface area contributed by atoms with Gasteiger partial charge in [0, 0.05) is 16.1 Å². The zero-order chi connectivity index (χ0) is 19.1. The molecule has 8 nitrogen and oxygen atoms in total. The van der Waals surface area contributed by atoms with Crippen LogP contribution in [0.1, 0.15) is 11.1 Å². The van der Waals surface area contributed by atoms with E-state index in [0.29, 0.717) is 22.4 Å². The number of nitrogens with zero attached hydrogens (tertiary/aromatic N) is 1.